The minimum absolute atomic E-state index is 0.136. The highest BCUT2D eigenvalue weighted by Gasteiger charge is 2.33. The predicted octanol–water partition coefficient (Wildman–Crippen LogP) is 4.31. The maximum atomic E-state index is 13.6. The molecule has 1 aromatic heterocycles. The molecule has 1 N–H and O–H groups in total. The van der Waals surface area contributed by atoms with Crippen LogP contribution in [0.25, 0.3) is 0 Å². The number of hydrogen-bond acceptors (Lipinski definition) is 4. The Morgan fingerprint density at radius 1 is 1.33 bits per heavy atom. The molecule has 0 aliphatic rings. The van der Waals surface area contributed by atoms with Crippen LogP contribution in [-0.2, 0) is 12.7 Å². The van der Waals surface area contributed by atoms with Crippen LogP contribution in [-0.4, -0.2) is 11.6 Å². The van der Waals surface area contributed by atoms with Crippen LogP contribution in [0.3, 0.4) is 0 Å². The molecule has 0 aliphatic heterocycles. The van der Waals surface area contributed by atoms with E-state index in [4.69, 9.17) is 4.74 Å². The Morgan fingerprint density at radius 3 is 2.67 bits per heavy atom. The Hall–Kier alpha value is -1.83. The summed E-state index contributed by atoms with van der Waals surface area (Å²) < 4.78 is 55.9. The molecule has 3 nitrogen and oxygen atoms in total. The first-order valence-corrected chi connectivity index (χ1v) is 6.90. The quantitative estimate of drug-likeness (QED) is 0.834. The fourth-order valence-electron chi connectivity index (χ4n) is 1.59. The number of aromatic nitrogens is 1. The van der Waals surface area contributed by atoms with Crippen LogP contribution in [0, 0.1) is 5.82 Å². The van der Waals surface area contributed by atoms with E-state index < -0.39 is 16.9 Å². The zero-order valence-corrected chi connectivity index (χ0v) is 11.8. The van der Waals surface area contributed by atoms with E-state index in [0.29, 0.717) is 23.5 Å². The highest BCUT2D eigenvalue weighted by molar-refractivity contribution is 7.15. The maximum absolute atomic E-state index is 13.6. The number of rotatable bonds is 5. The summed E-state index contributed by atoms with van der Waals surface area (Å²) in [5.41, 5.74) is 0.583. The van der Waals surface area contributed by atoms with Crippen molar-refractivity contribution in [2.24, 2.45) is 0 Å². The van der Waals surface area contributed by atoms with E-state index in [1.54, 1.807) is 13.0 Å². The van der Waals surface area contributed by atoms with E-state index in [0.717, 1.165) is 6.20 Å². The molecule has 0 radical (unpaired) electrons. The van der Waals surface area contributed by atoms with E-state index in [2.05, 4.69) is 10.3 Å². The molecule has 0 spiro atoms. The molecular formula is C13H12F4N2OS. The summed E-state index contributed by atoms with van der Waals surface area (Å²) in [4.78, 5) is 2.86. The largest absolute Gasteiger partial charge is 0.491 e. The van der Waals surface area contributed by atoms with Gasteiger partial charge in [-0.15, -0.1) is 0 Å². The Kier molecular flexibility index (Phi) is 4.66. The van der Waals surface area contributed by atoms with Gasteiger partial charge in [0.1, 0.15) is 4.88 Å². The zero-order chi connectivity index (χ0) is 15.5. The van der Waals surface area contributed by atoms with E-state index in [-0.39, 0.29) is 17.4 Å². The molecule has 21 heavy (non-hydrogen) atoms. The lowest BCUT2D eigenvalue weighted by atomic mass is 10.2. The molecule has 0 bridgehead atoms. The van der Waals surface area contributed by atoms with Crippen molar-refractivity contribution in [1.29, 1.82) is 0 Å². The lowest BCUT2D eigenvalue weighted by Gasteiger charge is -2.07. The lowest BCUT2D eigenvalue weighted by Crippen LogP contribution is -2.01. The third-order valence-electron chi connectivity index (χ3n) is 2.52. The van der Waals surface area contributed by atoms with Crippen molar-refractivity contribution in [2.45, 2.75) is 19.6 Å². The Balaban J connectivity index is 2.00. The van der Waals surface area contributed by atoms with Crippen LogP contribution in [0.15, 0.2) is 24.4 Å². The molecular weight excluding hydrogens is 308 g/mol. The standard InChI is InChI=1S/C13H12F4N2OS/c1-2-20-10-4-3-8(5-9(10)14)6-18-12-19-7-11(21-12)13(15,16)17/h3-5,7H,2,6H2,1H3,(H,18,19). The number of benzene rings is 1. The van der Waals surface area contributed by atoms with Crippen LogP contribution < -0.4 is 10.1 Å². The highest BCUT2D eigenvalue weighted by Crippen LogP contribution is 2.35. The van der Waals surface area contributed by atoms with E-state index >= 15 is 0 Å². The van der Waals surface area contributed by atoms with Crippen LogP contribution in [0.1, 0.15) is 17.4 Å². The second-order valence-corrected chi connectivity index (χ2v) is 5.11. The molecule has 0 fully saturated rings. The molecule has 0 aliphatic carbocycles. The van der Waals surface area contributed by atoms with Gasteiger partial charge in [0.2, 0.25) is 0 Å². The summed E-state index contributed by atoms with van der Waals surface area (Å²) in [6.07, 6.45) is -3.63. The van der Waals surface area contributed by atoms with Gasteiger partial charge in [-0.1, -0.05) is 17.4 Å². The highest BCUT2D eigenvalue weighted by atomic mass is 32.1. The van der Waals surface area contributed by atoms with Crippen molar-refractivity contribution < 1.29 is 22.3 Å². The van der Waals surface area contributed by atoms with Crippen molar-refractivity contribution in [3.63, 3.8) is 0 Å². The van der Waals surface area contributed by atoms with Crippen molar-refractivity contribution >= 4 is 16.5 Å². The number of anilines is 1. The summed E-state index contributed by atoms with van der Waals surface area (Å²) in [6, 6.07) is 4.40. The third kappa shape index (κ3) is 4.07. The molecule has 2 rings (SSSR count). The number of hydrogen-bond donors (Lipinski definition) is 1. The van der Waals surface area contributed by atoms with Gasteiger partial charge in [0, 0.05) is 6.54 Å². The Labute approximate surface area is 122 Å². The number of nitrogens with one attached hydrogen (secondary N) is 1. The molecule has 0 saturated carbocycles. The van der Waals surface area contributed by atoms with E-state index in [1.165, 1.54) is 12.1 Å². The first-order chi connectivity index (χ1) is 9.90. The fourth-order valence-corrected chi connectivity index (χ4v) is 2.27. The zero-order valence-electron chi connectivity index (χ0n) is 11.0. The molecule has 2 aromatic rings. The Morgan fingerprint density at radius 2 is 2.10 bits per heavy atom. The summed E-state index contributed by atoms with van der Waals surface area (Å²) in [5, 5.41) is 2.87. The van der Waals surface area contributed by atoms with Gasteiger partial charge < -0.3 is 10.1 Å². The summed E-state index contributed by atoms with van der Waals surface area (Å²) >= 11 is 0.509. The molecule has 1 heterocycles. The van der Waals surface area contributed by atoms with Gasteiger partial charge in [-0.3, -0.25) is 0 Å². The molecule has 1 aromatic carbocycles. The van der Waals surface area contributed by atoms with Gasteiger partial charge in [-0.05, 0) is 24.6 Å². The fraction of sp³-hybridized carbons (Fsp3) is 0.308. The van der Waals surface area contributed by atoms with Gasteiger partial charge in [-0.2, -0.15) is 13.2 Å². The summed E-state index contributed by atoms with van der Waals surface area (Å²) in [5.74, 6) is -0.360. The number of nitrogens with zero attached hydrogens (tertiary/aromatic N) is 1. The van der Waals surface area contributed by atoms with Gasteiger partial charge in [0.25, 0.3) is 0 Å². The number of thiazole rings is 1. The summed E-state index contributed by atoms with van der Waals surface area (Å²) in [7, 11) is 0. The van der Waals surface area contributed by atoms with E-state index in [1.807, 2.05) is 0 Å². The van der Waals surface area contributed by atoms with Crippen molar-refractivity contribution in [3.8, 4) is 5.75 Å². The number of halogens is 4. The van der Waals surface area contributed by atoms with Crippen LogP contribution in [0.4, 0.5) is 22.7 Å². The average Bonchev–Trinajstić information content (AvgIpc) is 2.88. The van der Waals surface area contributed by atoms with Crippen molar-refractivity contribution in [3.05, 3.63) is 40.7 Å². The second-order valence-electron chi connectivity index (χ2n) is 4.08. The van der Waals surface area contributed by atoms with Crippen LogP contribution in [0.2, 0.25) is 0 Å². The topological polar surface area (TPSA) is 34.1 Å². The van der Waals surface area contributed by atoms with Crippen LogP contribution >= 0.6 is 11.3 Å². The maximum Gasteiger partial charge on any atom is 0.427 e. The Bertz CT molecular complexity index is 612. The first kappa shape index (κ1) is 15.6. The third-order valence-corrected chi connectivity index (χ3v) is 3.52. The molecule has 0 amide bonds. The van der Waals surface area contributed by atoms with Gasteiger partial charge >= 0.3 is 6.18 Å². The van der Waals surface area contributed by atoms with Crippen molar-refractivity contribution in [1.82, 2.24) is 4.98 Å². The van der Waals surface area contributed by atoms with Gasteiger partial charge in [-0.25, -0.2) is 9.37 Å². The minimum Gasteiger partial charge on any atom is -0.491 e. The molecule has 114 valence electrons. The SMILES string of the molecule is CCOc1ccc(CNc2ncc(C(F)(F)F)s2)cc1F. The molecule has 8 heteroatoms. The second kappa shape index (κ2) is 6.30. The number of alkyl halides is 3. The predicted molar refractivity (Wildman–Crippen MR) is 72.0 cm³/mol. The molecule has 0 atom stereocenters. The van der Waals surface area contributed by atoms with Gasteiger partial charge in [0.15, 0.2) is 16.7 Å². The average molecular weight is 320 g/mol. The lowest BCUT2D eigenvalue weighted by molar-refractivity contribution is -0.134. The smallest absolute Gasteiger partial charge is 0.427 e. The minimum atomic E-state index is -4.40. The normalized spacial score (nSPS) is 11.5. The van der Waals surface area contributed by atoms with E-state index in [9.17, 15) is 17.6 Å². The first-order valence-electron chi connectivity index (χ1n) is 6.08. The number of ether oxygens (including phenoxy) is 1. The molecule has 0 saturated heterocycles. The van der Waals surface area contributed by atoms with Gasteiger partial charge in [0.05, 0.1) is 12.8 Å². The molecule has 0 unspecified atom stereocenters. The monoisotopic (exact) mass is 320 g/mol. The summed E-state index contributed by atoms with van der Waals surface area (Å²) in [6.45, 7) is 2.28. The van der Waals surface area contributed by atoms with Crippen molar-refractivity contribution in [2.75, 3.05) is 11.9 Å². The van der Waals surface area contributed by atoms with Crippen LogP contribution in [0.5, 0.6) is 5.75 Å².